The van der Waals surface area contributed by atoms with Crippen LogP contribution >= 0.6 is 0 Å². The second kappa shape index (κ2) is 6.60. The second-order valence-electron chi connectivity index (χ2n) is 5.97. The van der Waals surface area contributed by atoms with E-state index in [1.165, 1.54) is 12.1 Å². The minimum atomic E-state index is -3.74. The summed E-state index contributed by atoms with van der Waals surface area (Å²) >= 11 is 0. The van der Waals surface area contributed by atoms with E-state index in [-0.39, 0.29) is 28.3 Å². The summed E-state index contributed by atoms with van der Waals surface area (Å²) in [6.07, 6.45) is 0.520. The molecule has 2 N–H and O–H groups in total. The van der Waals surface area contributed by atoms with Crippen molar-refractivity contribution >= 4 is 31.5 Å². The van der Waals surface area contributed by atoms with Crippen LogP contribution in [0.25, 0.3) is 0 Å². The molecule has 0 saturated carbocycles. The molecule has 1 fully saturated rings. The summed E-state index contributed by atoms with van der Waals surface area (Å²) in [6.45, 7) is 1.81. The third-order valence-corrected chi connectivity index (χ3v) is 6.91. The van der Waals surface area contributed by atoms with Crippen molar-refractivity contribution in [2.45, 2.75) is 24.3 Å². The largest absolute Gasteiger partial charge is 0.365 e. The van der Waals surface area contributed by atoms with E-state index in [0.29, 0.717) is 12.2 Å². The van der Waals surface area contributed by atoms with Crippen LogP contribution < -0.4 is 10.0 Å². The highest BCUT2D eigenvalue weighted by molar-refractivity contribution is 7.92. The SMILES string of the molecule is Cc1cccc(S(=O)(=O)Nc2ccc(NC3CCS(=O)(=O)C3)nn2)c1. The van der Waals surface area contributed by atoms with E-state index >= 15 is 0 Å². The normalized spacial score (nSPS) is 19.5. The smallest absolute Gasteiger partial charge is 0.263 e. The van der Waals surface area contributed by atoms with Crippen LogP contribution in [-0.2, 0) is 19.9 Å². The van der Waals surface area contributed by atoms with E-state index in [9.17, 15) is 16.8 Å². The Morgan fingerprint density at radius 2 is 1.84 bits per heavy atom. The summed E-state index contributed by atoms with van der Waals surface area (Å²) in [5, 5.41) is 10.7. The number of sulfonamides is 1. The van der Waals surface area contributed by atoms with Gasteiger partial charge in [0.2, 0.25) is 0 Å². The summed E-state index contributed by atoms with van der Waals surface area (Å²) < 4.78 is 49.9. The number of rotatable bonds is 5. The zero-order chi connectivity index (χ0) is 18.1. The van der Waals surface area contributed by atoms with Crippen molar-refractivity contribution in [2.24, 2.45) is 0 Å². The van der Waals surface area contributed by atoms with Crippen molar-refractivity contribution in [2.75, 3.05) is 21.5 Å². The fourth-order valence-electron chi connectivity index (χ4n) is 2.56. The first kappa shape index (κ1) is 17.6. The molecule has 1 aliphatic heterocycles. The minimum Gasteiger partial charge on any atom is -0.365 e. The molecule has 1 saturated heterocycles. The van der Waals surface area contributed by atoms with Crippen LogP contribution in [0, 0.1) is 6.92 Å². The van der Waals surface area contributed by atoms with Crippen LogP contribution in [0.3, 0.4) is 0 Å². The van der Waals surface area contributed by atoms with Crippen molar-refractivity contribution < 1.29 is 16.8 Å². The number of benzene rings is 1. The molecular formula is C15H18N4O4S2. The first-order valence-electron chi connectivity index (χ1n) is 7.64. The third-order valence-electron chi connectivity index (χ3n) is 3.79. The number of aryl methyl sites for hydroxylation is 1. The first-order valence-corrected chi connectivity index (χ1v) is 10.9. The lowest BCUT2D eigenvalue weighted by Gasteiger charge is -2.11. The van der Waals surface area contributed by atoms with Crippen LogP contribution in [0.2, 0.25) is 0 Å². The molecule has 134 valence electrons. The van der Waals surface area contributed by atoms with Crippen LogP contribution in [-0.4, -0.2) is 44.6 Å². The zero-order valence-corrected chi connectivity index (χ0v) is 15.1. The number of hydrogen-bond acceptors (Lipinski definition) is 7. The summed E-state index contributed by atoms with van der Waals surface area (Å²) in [6, 6.07) is 9.37. The van der Waals surface area contributed by atoms with Crippen molar-refractivity contribution in [3.05, 3.63) is 42.0 Å². The lowest BCUT2D eigenvalue weighted by atomic mass is 10.2. The highest BCUT2D eigenvalue weighted by Gasteiger charge is 2.28. The van der Waals surface area contributed by atoms with E-state index < -0.39 is 19.9 Å². The minimum absolute atomic E-state index is 0.0659. The van der Waals surface area contributed by atoms with Gasteiger partial charge in [-0.15, -0.1) is 10.2 Å². The van der Waals surface area contributed by atoms with Crippen LogP contribution in [0.4, 0.5) is 11.6 Å². The molecule has 0 aliphatic carbocycles. The quantitative estimate of drug-likeness (QED) is 0.797. The molecule has 25 heavy (non-hydrogen) atoms. The van der Waals surface area contributed by atoms with Gasteiger partial charge in [-0.25, -0.2) is 16.8 Å². The van der Waals surface area contributed by atoms with Gasteiger partial charge in [0, 0.05) is 6.04 Å². The maximum Gasteiger partial charge on any atom is 0.263 e. The van der Waals surface area contributed by atoms with Gasteiger partial charge in [0.15, 0.2) is 15.7 Å². The molecule has 10 heteroatoms. The van der Waals surface area contributed by atoms with E-state index in [1.54, 1.807) is 18.2 Å². The molecule has 1 aromatic carbocycles. The molecule has 3 rings (SSSR count). The molecule has 0 spiro atoms. The van der Waals surface area contributed by atoms with Crippen molar-refractivity contribution in [1.29, 1.82) is 0 Å². The average molecular weight is 382 g/mol. The van der Waals surface area contributed by atoms with Gasteiger partial charge in [-0.3, -0.25) is 4.72 Å². The molecule has 1 atom stereocenters. The fraction of sp³-hybridized carbons (Fsp3) is 0.333. The van der Waals surface area contributed by atoms with E-state index in [4.69, 9.17) is 0 Å². The molecule has 1 unspecified atom stereocenters. The maximum absolute atomic E-state index is 12.3. The topological polar surface area (TPSA) is 118 Å². The predicted molar refractivity (Wildman–Crippen MR) is 94.7 cm³/mol. The van der Waals surface area contributed by atoms with Gasteiger partial charge in [-0.05, 0) is 43.2 Å². The van der Waals surface area contributed by atoms with Gasteiger partial charge in [0.05, 0.1) is 16.4 Å². The Labute approximate surface area is 146 Å². The fourth-order valence-corrected chi connectivity index (χ4v) is 5.33. The van der Waals surface area contributed by atoms with Crippen LogP contribution in [0.1, 0.15) is 12.0 Å². The average Bonchev–Trinajstić information content (AvgIpc) is 2.88. The van der Waals surface area contributed by atoms with Gasteiger partial charge in [-0.1, -0.05) is 12.1 Å². The number of sulfone groups is 1. The molecule has 0 bridgehead atoms. The molecule has 8 nitrogen and oxygen atoms in total. The van der Waals surface area contributed by atoms with E-state index in [0.717, 1.165) is 5.56 Å². The number of nitrogens with zero attached hydrogens (tertiary/aromatic N) is 2. The third kappa shape index (κ3) is 4.45. The lowest BCUT2D eigenvalue weighted by Crippen LogP contribution is -2.21. The number of aromatic nitrogens is 2. The Morgan fingerprint density at radius 1 is 1.12 bits per heavy atom. The summed E-state index contributed by atoms with van der Waals surface area (Å²) in [7, 11) is -6.72. The predicted octanol–water partition coefficient (Wildman–Crippen LogP) is 1.18. The monoisotopic (exact) mass is 382 g/mol. The second-order valence-corrected chi connectivity index (χ2v) is 9.88. The number of nitrogens with one attached hydrogen (secondary N) is 2. The summed E-state index contributed by atoms with van der Waals surface area (Å²) in [5.41, 5.74) is 0.833. The summed E-state index contributed by atoms with van der Waals surface area (Å²) in [4.78, 5) is 0.146. The van der Waals surface area contributed by atoms with Gasteiger partial charge in [-0.2, -0.15) is 0 Å². The zero-order valence-electron chi connectivity index (χ0n) is 13.5. The molecule has 1 aromatic heterocycles. The molecular weight excluding hydrogens is 364 g/mol. The van der Waals surface area contributed by atoms with Crippen molar-refractivity contribution in [3.8, 4) is 0 Å². The van der Waals surface area contributed by atoms with Gasteiger partial charge >= 0.3 is 0 Å². The Morgan fingerprint density at radius 3 is 2.44 bits per heavy atom. The van der Waals surface area contributed by atoms with Crippen molar-refractivity contribution in [1.82, 2.24) is 10.2 Å². The van der Waals surface area contributed by atoms with Crippen molar-refractivity contribution in [3.63, 3.8) is 0 Å². The standard InChI is InChI=1S/C15H18N4O4S2/c1-11-3-2-4-13(9-11)25(22,23)19-15-6-5-14(17-18-15)16-12-7-8-24(20,21)10-12/h2-6,9,12H,7-8,10H2,1H3,(H,16,17)(H,18,19). The Kier molecular flexibility index (Phi) is 4.65. The van der Waals surface area contributed by atoms with Gasteiger partial charge in [0.1, 0.15) is 5.82 Å². The van der Waals surface area contributed by atoms with Crippen LogP contribution in [0.15, 0.2) is 41.3 Å². The maximum atomic E-state index is 12.3. The molecule has 2 heterocycles. The van der Waals surface area contributed by atoms with Gasteiger partial charge in [0.25, 0.3) is 10.0 Å². The summed E-state index contributed by atoms with van der Waals surface area (Å²) in [5.74, 6) is 0.717. The highest BCUT2D eigenvalue weighted by Crippen LogP contribution is 2.18. The Balaban J connectivity index is 1.68. The Hall–Kier alpha value is -2.20. The lowest BCUT2D eigenvalue weighted by molar-refractivity contribution is 0.599. The molecule has 0 radical (unpaired) electrons. The number of anilines is 2. The molecule has 0 amide bonds. The van der Waals surface area contributed by atoms with Gasteiger partial charge < -0.3 is 5.32 Å². The number of hydrogen-bond donors (Lipinski definition) is 2. The molecule has 2 aromatic rings. The molecule has 1 aliphatic rings. The first-order chi connectivity index (χ1) is 11.7. The van der Waals surface area contributed by atoms with E-state index in [1.807, 2.05) is 13.0 Å². The van der Waals surface area contributed by atoms with E-state index in [2.05, 4.69) is 20.2 Å². The Bertz CT molecular complexity index is 973. The van der Waals surface area contributed by atoms with Crippen LogP contribution in [0.5, 0.6) is 0 Å². The highest BCUT2D eigenvalue weighted by atomic mass is 32.2.